The molecule has 0 radical (unpaired) electrons. The van der Waals surface area contributed by atoms with E-state index in [0.717, 1.165) is 16.4 Å². The van der Waals surface area contributed by atoms with Crippen LogP contribution >= 0.6 is 11.6 Å². The Morgan fingerprint density at radius 1 is 1.09 bits per heavy atom. The van der Waals surface area contributed by atoms with Gasteiger partial charge in [0.15, 0.2) is 0 Å². The van der Waals surface area contributed by atoms with Gasteiger partial charge in [-0.3, -0.25) is 4.79 Å². The average Bonchev–Trinajstić information content (AvgIpc) is 2.98. The van der Waals surface area contributed by atoms with Crippen LogP contribution in [0.1, 0.15) is 5.56 Å². The van der Waals surface area contributed by atoms with Crippen LogP contribution < -0.4 is 0 Å². The predicted octanol–water partition coefficient (Wildman–Crippen LogP) is 1.93. The van der Waals surface area contributed by atoms with Crippen molar-refractivity contribution in [2.75, 3.05) is 0 Å². The molecule has 1 heterocycles. The second-order valence-corrected chi connectivity index (χ2v) is 6.67. The quantitative estimate of drug-likeness (QED) is 0.481. The number of hydrogen-bond donors (Lipinski definition) is 2. The minimum atomic E-state index is -3.89. The molecule has 0 fully saturated rings. The smallest absolute Gasteiger partial charge is 0.376 e. The summed E-state index contributed by atoms with van der Waals surface area (Å²) in [6.45, 7) is 0. The number of hydrogen-bond acceptors (Lipinski definition) is 5. The van der Waals surface area contributed by atoms with E-state index in [1.165, 1.54) is 30.3 Å². The number of rotatable bonds is 5. The zero-order chi connectivity index (χ0) is 17.2. The van der Waals surface area contributed by atoms with Crippen molar-refractivity contribution in [2.45, 2.75) is 4.90 Å². The van der Waals surface area contributed by atoms with Gasteiger partial charge in [-0.1, -0.05) is 11.6 Å². The van der Waals surface area contributed by atoms with Crippen molar-refractivity contribution in [3.8, 4) is 0 Å². The van der Waals surface area contributed by atoms with Gasteiger partial charge in [0, 0.05) is 29.1 Å². The van der Waals surface area contributed by atoms with Gasteiger partial charge in [-0.2, -0.15) is 0 Å². The highest BCUT2D eigenvalue weighted by Gasteiger charge is 2.18. The van der Waals surface area contributed by atoms with E-state index in [2.05, 4.69) is 0 Å². The summed E-state index contributed by atoms with van der Waals surface area (Å²) < 4.78 is 25.6. The highest BCUT2D eigenvalue weighted by Crippen LogP contribution is 2.20. The molecular formula is C14H10ClNO6S. The molecule has 0 saturated heterocycles. The first-order valence-corrected chi connectivity index (χ1v) is 7.91. The van der Waals surface area contributed by atoms with Crippen molar-refractivity contribution in [1.29, 1.82) is 0 Å². The SMILES string of the molecule is O=C(O)C(=O)C=C(O)c1ccn(S(=O)(=O)c2ccc(Cl)cc2)c1. The van der Waals surface area contributed by atoms with Crippen molar-refractivity contribution >= 4 is 39.1 Å². The lowest BCUT2D eigenvalue weighted by atomic mass is 10.2. The summed E-state index contributed by atoms with van der Waals surface area (Å²) in [6, 6.07) is 6.71. The van der Waals surface area contributed by atoms with Crippen molar-refractivity contribution in [1.82, 2.24) is 3.97 Å². The Morgan fingerprint density at radius 2 is 1.70 bits per heavy atom. The van der Waals surface area contributed by atoms with Crippen LogP contribution in [0.25, 0.3) is 5.76 Å². The molecule has 0 aliphatic rings. The zero-order valence-electron chi connectivity index (χ0n) is 11.4. The number of halogens is 1. The molecule has 0 atom stereocenters. The first-order chi connectivity index (χ1) is 10.7. The molecule has 2 N–H and O–H groups in total. The summed E-state index contributed by atoms with van der Waals surface area (Å²) >= 11 is 5.71. The summed E-state index contributed by atoms with van der Waals surface area (Å²) in [4.78, 5) is 21.4. The lowest BCUT2D eigenvalue weighted by molar-refractivity contribution is -0.146. The monoisotopic (exact) mass is 355 g/mol. The molecule has 0 amide bonds. The number of aromatic nitrogens is 1. The first-order valence-electron chi connectivity index (χ1n) is 6.09. The number of carboxylic acids is 1. The molecule has 0 spiro atoms. The Labute approximate surface area is 136 Å². The van der Waals surface area contributed by atoms with Crippen molar-refractivity contribution in [2.24, 2.45) is 0 Å². The van der Waals surface area contributed by atoms with Crippen LogP contribution in [0.4, 0.5) is 0 Å². The van der Waals surface area contributed by atoms with Gasteiger partial charge in [0.2, 0.25) is 0 Å². The number of aliphatic hydroxyl groups is 1. The molecular weight excluding hydrogens is 346 g/mol. The van der Waals surface area contributed by atoms with Crippen LogP contribution in [-0.2, 0) is 19.6 Å². The molecule has 0 aliphatic carbocycles. The van der Waals surface area contributed by atoms with Crippen molar-refractivity contribution < 1.29 is 28.2 Å². The molecule has 7 nitrogen and oxygen atoms in total. The van der Waals surface area contributed by atoms with Gasteiger partial charge in [-0.25, -0.2) is 17.2 Å². The zero-order valence-corrected chi connectivity index (χ0v) is 13.0. The van der Waals surface area contributed by atoms with Crippen LogP contribution in [0.3, 0.4) is 0 Å². The van der Waals surface area contributed by atoms with E-state index in [9.17, 15) is 23.1 Å². The number of benzene rings is 1. The second-order valence-electron chi connectivity index (χ2n) is 4.39. The normalized spacial score (nSPS) is 12.1. The average molecular weight is 356 g/mol. The molecule has 1 aromatic heterocycles. The van der Waals surface area contributed by atoms with Gasteiger partial charge < -0.3 is 10.2 Å². The molecule has 9 heteroatoms. The van der Waals surface area contributed by atoms with E-state index in [1.54, 1.807) is 0 Å². The van der Waals surface area contributed by atoms with Crippen LogP contribution in [0, 0.1) is 0 Å². The summed E-state index contributed by atoms with van der Waals surface area (Å²) in [7, 11) is -3.89. The van der Waals surface area contributed by atoms with Crippen LogP contribution in [0.15, 0.2) is 53.7 Å². The van der Waals surface area contributed by atoms with E-state index >= 15 is 0 Å². The lowest BCUT2D eigenvalue weighted by Gasteiger charge is -2.05. The number of nitrogens with zero attached hydrogens (tertiary/aromatic N) is 1. The van der Waals surface area contributed by atoms with E-state index in [4.69, 9.17) is 16.7 Å². The highest BCUT2D eigenvalue weighted by molar-refractivity contribution is 7.90. The van der Waals surface area contributed by atoms with Gasteiger partial charge in [-0.15, -0.1) is 0 Å². The Morgan fingerprint density at radius 3 is 2.26 bits per heavy atom. The fraction of sp³-hybridized carbons (Fsp3) is 0. The molecule has 0 aliphatic heterocycles. The molecule has 2 aromatic rings. The molecule has 23 heavy (non-hydrogen) atoms. The minimum absolute atomic E-state index is 0.0165. The summed E-state index contributed by atoms with van der Waals surface area (Å²) in [5, 5.41) is 18.5. The van der Waals surface area contributed by atoms with Crippen LogP contribution in [0.2, 0.25) is 5.02 Å². The first kappa shape index (κ1) is 16.8. The second kappa shape index (κ2) is 6.27. The number of ketones is 1. The minimum Gasteiger partial charge on any atom is -0.507 e. The van der Waals surface area contributed by atoms with Crippen LogP contribution in [-0.4, -0.2) is 34.4 Å². The fourth-order valence-corrected chi connectivity index (χ4v) is 3.00. The Bertz CT molecular complexity index is 896. The van der Waals surface area contributed by atoms with Gasteiger partial charge in [-0.05, 0) is 30.3 Å². The largest absolute Gasteiger partial charge is 0.507 e. The van der Waals surface area contributed by atoms with Gasteiger partial charge in [0.1, 0.15) is 5.76 Å². The highest BCUT2D eigenvalue weighted by atomic mass is 35.5. The number of carboxylic acid groups (broad SMARTS) is 1. The third kappa shape index (κ3) is 3.61. The van der Waals surface area contributed by atoms with Crippen molar-refractivity contribution in [3.05, 3.63) is 59.4 Å². The van der Waals surface area contributed by atoms with Gasteiger partial charge >= 0.3 is 5.97 Å². The standard InChI is InChI=1S/C14H10ClNO6S/c15-10-1-3-11(4-2-10)23(21,22)16-6-5-9(8-16)12(17)7-13(18)14(19)20/h1-8,17H,(H,19,20). The third-order valence-corrected chi connectivity index (χ3v) is 4.73. The maximum absolute atomic E-state index is 12.4. The van der Waals surface area contributed by atoms with E-state index in [0.29, 0.717) is 11.1 Å². The fourth-order valence-electron chi connectivity index (χ4n) is 1.68. The van der Waals surface area contributed by atoms with E-state index in [1.807, 2.05) is 0 Å². The maximum Gasteiger partial charge on any atom is 0.376 e. The Kier molecular flexibility index (Phi) is 4.57. The third-order valence-electron chi connectivity index (χ3n) is 2.83. The number of carbonyl (C=O) groups excluding carboxylic acids is 1. The van der Waals surface area contributed by atoms with Crippen LogP contribution in [0.5, 0.6) is 0 Å². The van der Waals surface area contributed by atoms with Gasteiger partial charge in [0.05, 0.1) is 4.90 Å². The Balaban J connectivity index is 2.37. The predicted molar refractivity (Wildman–Crippen MR) is 81.7 cm³/mol. The topological polar surface area (TPSA) is 114 Å². The summed E-state index contributed by atoms with van der Waals surface area (Å²) in [6.07, 6.45) is 2.72. The molecule has 120 valence electrons. The molecule has 2 rings (SSSR count). The molecule has 0 bridgehead atoms. The summed E-state index contributed by atoms with van der Waals surface area (Å²) in [5.74, 6) is -3.71. The number of aliphatic carboxylic acids is 1. The maximum atomic E-state index is 12.4. The Hall–Kier alpha value is -2.58. The lowest BCUT2D eigenvalue weighted by Crippen LogP contribution is -2.11. The molecule has 0 saturated carbocycles. The molecule has 1 aromatic carbocycles. The van der Waals surface area contributed by atoms with E-state index in [-0.39, 0.29) is 10.5 Å². The molecule has 0 unspecified atom stereocenters. The van der Waals surface area contributed by atoms with Gasteiger partial charge in [0.25, 0.3) is 15.8 Å². The number of carbonyl (C=O) groups is 2. The summed E-state index contributed by atoms with van der Waals surface area (Å²) in [5.41, 5.74) is -0.0165. The number of aliphatic hydroxyl groups excluding tert-OH is 1. The van der Waals surface area contributed by atoms with E-state index < -0.39 is 27.5 Å². The van der Waals surface area contributed by atoms with Crippen molar-refractivity contribution in [3.63, 3.8) is 0 Å².